The van der Waals surface area contributed by atoms with Crippen molar-refractivity contribution < 1.29 is 18.4 Å². The number of benzene rings is 1. The van der Waals surface area contributed by atoms with Crippen molar-refractivity contribution in [2.24, 2.45) is 11.1 Å². The Morgan fingerprint density at radius 3 is 2.70 bits per heavy atom. The van der Waals surface area contributed by atoms with E-state index in [1.165, 1.54) is 18.2 Å². The van der Waals surface area contributed by atoms with Crippen LogP contribution < -0.4 is 16.4 Å². The predicted octanol–water partition coefficient (Wildman–Crippen LogP) is 0.564. The number of hydrogen-bond donors (Lipinski definition) is 3. The minimum absolute atomic E-state index is 0.107. The van der Waals surface area contributed by atoms with E-state index in [1.54, 1.807) is 6.07 Å². The molecule has 4 N–H and O–H groups in total. The highest BCUT2D eigenvalue weighted by Crippen LogP contribution is 2.55. The first-order valence-corrected chi connectivity index (χ1v) is 6.20. The van der Waals surface area contributed by atoms with Crippen LogP contribution in [0.2, 0.25) is 0 Å². The zero-order chi connectivity index (χ0) is 14.5. The number of anilines is 1. The van der Waals surface area contributed by atoms with Crippen molar-refractivity contribution in [3.05, 3.63) is 29.8 Å². The lowest BCUT2D eigenvalue weighted by molar-refractivity contribution is -0.159. The van der Waals surface area contributed by atoms with Gasteiger partial charge in [-0.25, -0.2) is 0 Å². The number of hydrogen-bond acceptors (Lipinski definition) is 3. The molecule has 0 unspecified atom stereocenters. The van der Waals surface area contributed by atoms with Crippen LogP contribution >= 0.6 is 0 Å². The number of para-hydroxylation sites is 1. The van der Waals surface area contributed by atoms with Crippen molar-refractivity contribution in [3.8, 4) is 0 Å². The van der Waals surface area contributed by atoms with Gasteiger partial charge >= 0.3 is 0 Å². The summed E-state index contributed by atoms with van der Waals surface area (Å²) in [7, 11) is 0. The molecule has 0 saturated carbocycles. The molecule has 2 heterocycles. The molecule has 2 aliphatic heterocycles. The summed E-state index contributed by atoms with van der Waals surface area (Å²) in [6, 6.07) is 4.87. The highest BCUT2D eigenvalue weighted by atomic mass is 19.3. The molecule has 0 aromatic heterocycles. The van der Waals surface area contributed by atoms with Crippen molar-refractivity contribution in [1.29, 1.82) is 0 Å². The molecular weight excluding hydrogens is 268 g/mol. The van der Waals surface area contributed by atoms with Crippen LogP contribution in [0.4, 0.5) is 14.5 Å². The summed E-state index contributed by atoms with van der Waals surface area (Å²) in [5.41, 5.74) is 3.04. The minimum atomic E-state index is -3.36. The largest absolute Gasteiger partial charge is 0.368 e. The second kappa shape index (κ2) is 3.99. The number of rotatable bonds is 1. The van der Waals surface area contributed by atoms with Crippen LogP contribution in [0.15, 0.2) is 24.3 Å². The van der Waals surface area contributed by atoms with E-state index in [0.717, 1.165) is 0 Å². The molecule has 20 heavy (non-hydrogen) atoms. The summed E-state index contributed by atoms with van der Waals surface area (Å²) in [6.45, 7) is -0.284. The minimum Gasteiger partial charge on any atom is -0.368 e. The van der Waals surface area contributed by atoms with Crippen LogP contribution in [0.25, 0.3) is 0 Å². The number of alkyl halides is 2. The van der Waals surface area contributed by atoms with Gasteiger partial charge in [0.25, 0.3) is 5.92 Å². The number of nitrogens with two attached hydrogens (primary N) is 1. The van der Waals surface area contributed by atoms with E-state index in [-0.39, 0.29) is 24.2 Å². The Balaban J connectivity index is 2.09. The lowest BCUT2D eigenvalue weighted by Crippen LogP contribution is -2.53. The lowest BCUT2D eigenvalue weighted by Gasteiger charge is -2.40. The second-order valence-corrected chi connectivity index (χ2v) is 5.20. The normalized spacial score (nSPS) is 30.9. The Morgan fingerprint density at radius 1 is 1.35 bits per heavy atom. The van der Waals surface area contributed by atoms with Crippen LogP contribution in [0.3, 0.4) is 0 Å². The first-order valence-electron chi connectivity index (χ1n) is 6.20. The summed E-state index contributed by atoms with van der Waals surface area (Å²) >= 11 is 0. The third-order valence-corrected chi connectivity index (χ3v) is 4.10. The Bertz CT molecular complexity index is 605. The fourth-order valence-electron chi connectivity index (χ4n) is 2.91. The molecule has 1 spiro atoms. The number of primary amides is 1. The molecule has 2 aliphatic rings. The molecule has 5 nitrogen and oxygen atoms in total. The lowest BCUT2D eigenvalue weighted by atomic mass is 9.72. The molecule has 3 rings (SSSR count). The predicted molar refractivity (Wildman–Crippen MR) is 67.0 cm³/mol. The van der Waals surface area contributed by atoms with Gasteiger partial charge in [0.1, 0.15) is 5.41 Å². The fraction of sp³-hybridized carbons (Fsp3) is 0.385. The molecule has 2 amide bonds. The monoisotopic (exact) mass is 281 g/mol. The van der Waals surface area contributed by atoms with Gasteiger partial charge in [0, 0.05) is 17.8 Å². The Morgan fingerprint density at radius 2 is 2.05 bits per heavy atom. The summed E-state index contributed by atoms with van der Waals surface area (Å²) in [5, 5.41) is 5.11. The molecule has 1 aromatic rings. The van der Waals surface area contributed by atoms with Crippen molar-refractivity contribution in [2.75, 3.05) is 11.9 Å². The van der Waals surface area contributed by atoms with Crippen LogP contribution in [0, 0.1) is 5.41 Å². The summed E-state index contributed by atoms with van der Waals surface area (Å²) in [6.07, 6.45) is -0.310. The zero-order valence-electron chi connectivity index (χ0n) is 10.5. The van der Waals surface area contributed by atoms with Crippen molar-refractivity contribution in [2.45, 2.75) is 18.4 Å². The average molecular weight is 281 g/mol. The number of amides is 2. The van der Waals surface area contributed by atoms with E-state index in [2.05, 4.69) is 10.6 Å². The van der Waals surface area contributed by atoms with E-state index in [0.29, 0.717) is 0 Å². The number of carbonyl (C=O) groups is 2. The maximum Gasteiger partial charge on any atom is 0.290 e. The zero-order valence-corrected chi connectivity index (χ0v) is 10.5. The fourth-order valence-corrected chi connectivity index (χ4v) is 2.91. The number of nitrogens with one attached hydrogen (secondary N) is 2. The van der Waals surface area contributed by atoms with Crippen molar-refractivity contribution >= 4 is 17.5 Å². The van der Waals surface area contributed by atoms with E-state index in [1.807, 2.05) is 0 Å². The van der Waals surface area contributed by atoms with Gasteiger partial charge in [-0.2, -0.15) is 8.78 Å². The standard InChI is InChI=1S/C13H13F2N3O2/c14-13(15)7-3-1-2-4-8(7)18-11(20)12(13)5-9(10(16)19)17-6-12/h1-4,9,17H,5-6H2,(H2,16,19)(H,18,20)/t9-,12+/m0/s1. The van der Waals surface area contributed by atoms with Gasteiger partial charge in [0.15, 0.2) is 0 Å². The first kappa shape index (κ1) is 13.0. The number of fused-ring (bicyclic) bond motifs is 1. The molecular formula is C13H13F2N3O2. The van der Waals surface area contributed by atoms with E-state index < -0.39 is 29.2 Å². The molecule has 2 atom stereocenters. The van der Waals surface area contributed by atoms with Gasteiger partial charge in [-0.05, 0) is 12.5 Å². The second-order valence-electron chi connectivity index (χ2n) is 5.20. The van der Waals surface area contributed by atoms with Crippen LogP contribution in [-0.4, -0.2) is 24.4 Å². The van der Waals surface area contributed by atoms with Crippen molar-refractivity contribution in [1.82, 2.24) is 5.32 Å². The highest BCUT2D eigenvalue weighted by molar-refractivity contribution is 6.01. The maximum atomic E-state index is 14.8. The number of halogens is 2. The summed E-state index contributed by atoms with van der Waals surface area (Å²) in [5.74, 6) is -4.87. The summed E-state index contributed by atoms with van der Waals surface area (Å²) < 4.78 is 29.6. The van der Waals surface area contributed by atoms with Gasteiger partial charge < -0.3 is 16.4 Å². The quantitative estimate of drug-likeness (QED) is 0.703. The molecule has 1 aromatic carbocycles. The molecule has 106 valence electrons. The topological polar surface area (TPSA) is 84.2 Å². The third-order valence-electron chi connectivity index (χ3n) is 4.10. The average Bonchev–Trinajstić information content (AvgIpc) is 2.84. The molecule has 0 radical (unpaired) electrons. The highest BCUT2D eigenvalue weighted by Gasteiger charge is 2.66. The SMILES string of the molecule is NC(=O)[C@@H]1C[C@@]2(CN1)C(=O)Nc1ccccc1C2(F)F. The smallest absolute Gasteiger partial charge is 0.290 e. The Hall–Kier alpha value is -2.02. The van der Waals surface area contributed by atoms with E-state index in [9.17, 15) is 18.4 Å². The summed E-state index contributed by atoms with van der Waals surface area (Å²) in [4.78, 5) is 23.4. The van der Waals surface area contributed by atoms with E-state index in [4.69, 9.17) is 5.73 Å². The van der Waals surface area contributed by atoms with Crippen LogP contribution in [-0.2, 0) is 15.5 Å². The third kappa shape index (κ3) is 1.49. The van der Waals surface area contributed by atoms with Gasteiger partial charge in [-0.1, -0.05) is 18.2 Å². The van der Waals surface area contributed by atoms with Crippen LogP contribution in [0.5, 0.6) is 0 Å². The number of carbonyl (C=O) groups excluding carboxylic acids is 2. The molecule has 0 aliphatic carbocycles. The Labute approximate surface area is 113 Å². The molecule has 1 fully saturated rings. The molecule has 0 bridgehead atoms. The van der Waals surface area contributed by atoms with Gasteiger partial charge in [-0.3, -0.25) is 9.59 Å². The molecule has 1 saturated heterocycles. The van der Waals surface area contributed by atoms with Crippen LogP contribution in [0.1, 0.15) is 12.0 Å². The Kier molecular flexibility index (Phi) is 2.59. The van der Waals surface area contributed by atoms with Gasteiger partial charge in [-0.15, -0.1) is 0 Å². The maximum absolute atomic E-state index is 14.8. The van der Waals surface area contributed by atoms with Gasteiger partial charge in [0.05, 0.1) is 6.04 Å². The van der Waals surface area contributed by atoms with Crippen molar-refractivity contribution in [3.63, 3.8) is 0 Å². The van der Waals surface area contributed by atoms with Gasteiger partial charge in [0.2, 0.25) is 11.8 Å². The first-order chi connectivity index (χ1) is 9.38. The van der Waals surface area contributed by atoms with E-state index >= 15 is 0 Å². The molecule has 7 heteroatoms.